The molecule has 96 valence electrons. The van der Waals surface area contributed by atoms with E-state index in [1.165, 1.54) is 28.2 Å². The predicted octanol–water partition coefficient (Wildman–Crippen LogP) is 4.21. The number of nitrogens with zero attached hydrogens (tertiary/aromatic N) is 1. The molecule has 0 aliphatic rings. The highest BCUT2D eigenvalue weighted by Gasteiger charge is 2.11. The minimum absolute atomic E-state index is 0.138. The van der Waals surface area contributed by atoms with E-state index in [1.807, 2.05) is 24.4 Å². The number of rotatable bonds is 2. The SMILES string of the molecule is Cc1ccc2nc(NC(=O)c3cc(S)cs3)sc2c1. The molecule has 0 fully saturated rings. The van der Waals surface area contributed by atoms with Gasteiger partial charge >= 0.3 is 0 Å². The third kappa shape index (κ3) is 2.65. The van der Waals surface area contributed by atoms with Crippen LogP contribution in [-0.2, 0) is 0 Å². The lowest BCUT2D eigenvalue weighted by molar-refractivity contribution is 0.103. The van der Waals surface area contributed by atoms with Crippen LogP contribution >= 0.6 is 35.3 Å². The average Bonchev–Trinajstić information content (AvgIpc) is 2.94. The number of thiol groups is 1. The molecular formula is C13H10N2OS3. The summed E-state index contributed by atoms with van der Waals surface area (Å²) in [5.41, 5.74) is 2.10. The van der Waals surface area contributed by atoms with Crippen molar-refractivity contribution in [3.63, 3.8) is 0 Å². The fraction of sp³-hybridized carbons (Fsp3) is 0.0769. The standard InChI is InChI=1S/C13H10N2OS3/c1-7-2-3-9-10(4-7)19-13(14-9)15-12(16)11-5-8(17)6-18-11/h2-6,17H,1H3,(H,14,15,16). The van der Waals surface area contributed by atoms with Crippen LogP contribution in [0.2, 0.25) is 0 Å². The van der Waals surface area contributed by atoms with Crippen molar-refractivity contribution >= 4 is 56.6 Å². The fourth-order valence-corrected chi connectivity index (χ4v) is 3.69. The molecule has 1 aromatic carbocycles. The topological polar surface area (TPSA) is 42.0 Å². The number of thiophene rings is 1. The van der Waals surface area contributed by atoms with Gasteiger partial charge in [0.15, 0.2) is 5.13 Å². The summed E-state index contributed by atoms with van der Waals surface area (Å²) in [5, 5.41) is 5.28. The van der Waals surface area contributed by atoms with E-state index in [1.54, 1.807) is 6.07 Å². The summed E-state index contributed by atoms with van der Waals surface area (Å²) in [4.78, 5) is 17.8. The van der Waals surface area contributed by atoms with Crippen LogP contribution in [0, 0.1) is 6.92 Å². The van der Waals surface area contributed by atoms with Crippen molar-refractivity contribution in [3.8, 4) is 0 Å². The molecule has 3 aromatic rings. The van der Waals surface area contributed by atoms with Gasteiger partial charge in [-0.2, -0.15) is 0 Å². The summed E-state index contributed by atoms with van der Waals surface area (Å²) in [7, 11) is 0. The van der Waals surface area contributed by atoms with Crippen LogP contribution < -0.4 is 5.32 Å². The summed E-state index contributed by atoms with van der Waals surface area (Å²) in [6.07, 6.45) is 0. The second-order valence-corrected chi connectivity index (χ2v) is 6.57. The van der Waals surface area contributed by atoms with Gasteiger partial charge in [0.05, 0.1) is 15.1 Å². The molecule has 0 bridgehead atoms. The van der Waals surface area contributed by atoms with Gasteiger partial charge < -0.3 is 0 Å². The molecule has 0 atom stereocenters. The number of hydrogen-bond donors (Lipinski definition) is 2. The van der Waals surface area contributed by atoms with Crippen molar-refractivity contribution in [1.29, 1.82) is 0 Å². The Kier molecular flexibility index (Phi) is 3.30. The number of thiazole rings is 1. The molecule has 3 rings (SSSR count). The molecule has 0 spiro atoms. The first-order chi connectivity index (χ1) is 9.11. The van der Waals surface area contributed by atoms with Crippen LogP contribution in [0.4, 0.5) is 5.13 Å². The number of amides is 1. The summed E-state index contributed by atoms with van der Waals surface area (Å²) in [6.45, 7) is 2.04. The first-order valence-corrected chi connectivity index (χ1v) is 7.72. The predicted molar refractivity (Wildman–Crippen MR) is 83.9 cm³/mol. The smallest absolute Gasteiger partial charge is 0.267 e. The van der Waals surface area contributed by atoms with E-state index in [0.717, 1.165) is 15.1 Å². The van der Waals surface area contributed by atoms with Crippen LogP contribution in [0.5, 0.6) is 0 Å². The van der Waals surface area contributed by atoms with Crippen molar-refractivity contribution in [1.82, 2.24) is 4.98 Å². The third-order valence-electron chi connectivity index (χ3n) is 2.57. The molecule has 2 aromatic heterocycles. The molecule has 3 nitrogen and oxygen atoms in total. The number of fused-ring (bicyclic) bond motifs is 1. The van der Waals surface area contributed by atoms with Gasteiger partial charge in [-0.1, -0.05) is 17.4 Å². The van der Waals surface area contributed by atoms with Gasteiger partial charge in [-0.3, -0.25) is 10.1 Å². The van der Waals surface area contributed by atoms with E-state index in [-0.39, 0.29) is 5.91 Å². The fourth-order valence-electron chi connectivity index (χ4n) is 1.69. The van der Waals surface area contributed by atoms with E-state index in [9.17, 15) is 4.79 Å². The van der Waals surface area contributed by atoms with Crippen molar-refractivity contribution in [3.05, 3.63) is 40.1 Å². The number of hydrogen-bond acceptors (Lipinski definition) is 5. The lowest BCUT2D eigenvalue weighted by Crippen LogP contribution is -2.09. The number of anilines is 1. The molecule has 0 aliphatic heterocycles. The third-order valence-corrected chi connectivity index (χ3v) is 4.87. The Balaban J connectivity index is 1.87. The van der Waals surface area contributed by atoms with Crippen LogP contribution in [0.3, 0.4) is 0 Å². The number of carbonyl (C=O) groups is 1. The van der Waals surface area contributed by atoms with E-state index in [0.29, 0.717) is 10.0 Å². The number of aryl methyl sites for hydroxylation is 1. The highest BCUT2D eigenvalue weighted by Crippen LogP contribution is 2.27. The molecule has 0 radical (unpaired) electrons. The maximum Gasteiger partial charge on any atom is 0.267 e. The molecule has 0 aliphatic carbocycles. The van der Waals surface area contributed by atoms with Crippen LogP contribution in [0.25, 0.3) is 10.2 Å². The zero-order valence-electron chi connectivity index (χ0n) is 10.0. The normalized spacial score (nSPS) is 10.8. The van der Waals surface area contributed by atoms with Crippen molar-refractivity contribution in [2.75, 3.05) is 5.32 Å². The first-order valence-electron chi connectivity index (χ1n) is 5.58. The zero-order chi connectivity index (χ0) is 13.4. The second kappa shape index (κ2) is 4.96. The number of carbonyl (C=O) groups excluding carboxylic acids is 1. The summed E-state index contributed by atoms with van der Waals surface area (Å²) >= 11 is 7.05. The first kappa shape index (κ1) is 12.7. The Morgan fingerprint density at radius 1 is 1.37 bits per heavy atom. The summed E-state index contributed by atoms with van der Waals surface area (Å²) < 4.78 is 1.08. The molecule has 1 N–H and O–H groups in total. The van der Waals surface area contributed by atoms with E-state index in [2.05, 4.69) is 29.0 Å². The minimum atomic E-state index is -0.138. The molecule has 0 saturated carbocycles. The van der Waals surface area contributed by atoms with Gasteiger partial charge in [0.2, 0.25) is 0 Å². The molecule has 1 amide bonds. The van der Waals surface area contributed by atoms with E-state index in [4.69, 9.17) is 0 Å². The number of benzene rings is 1. The molecule has 19 heavy (non-hydrogen) atoms. The molecule has 6 heteroatoms. The lowest BCUT2D eigenvalue weighted by atomic mass is 10.2. The Morgan fingerprint density at radius 3 is 2.95 bits per heavy atom. The molecule has 0 saturated heterocycles. The van der Waals surface area contributed by atoms with Gasteiger partial charge in [0.25, 0.3) is 5.91 Å². The van der Waals surface area contributed by atoms with Gasteiger partial charge in [0, 0.05) is 10.3 Å². The van der Waals surface area contributed by atoms with Gasteiger partial charge in [-0.25, -0.2) is 4.98 Å². The number of nitrogens with one attached hydrogen (secondary N) is 1. The van der Waals surface area contributed by atoms with Crippen LogP contribution in [-0.4, -0.2) is 10.9 Å². The second-order valence-electron chi connectivity index (χ2n) is 4.11. The largest absolute Gasteiger partial charge is 0.297 e. The van der Waals surface area contributed by atoms with Gasteiger partial charge in [-0.15, -0.1) is 24.0 Å². The van der Waals surface area contributed by atoms with Gasteiger partial charge in [-0.05, 0) is 30.7 Å². The Labute approximate surface area is 123 Å². The van der Waals surface area contributed by atoms with Crippen molar-refractivity contribution < 1.29 is 4.79 Å². The lowest BCUT2D eigenvalue weighted by Gasteiger charge is -1.96. The molecule has 2 heterocycles. The van der Waals surface area contributed by atoms with E-state index < -0.39 is 0 Å². The highest BCUT2D eigenvalue weighted by molar-refractivity contribution is 7.80. The number of aromatic nitrogens is 1. The van der Waals surface area contributed by atoms with E-state index >= 15 is 0 Å². The van der Waals surface area contributed by atoms with Crippen LogP contribution in [0.15, 0.2) is 34.5 Å². The highest BCUT2D eigenvalue weighted by atomic mass is 32.1. The summed E-state index contributed by atoms with van der Waals surface area (Å²) in [5.74, 6) is -0.138. The Morgan fingerprint density at radius 2 is 2.21 bits per heavy atom. The summed E-state index contributed by atoms with van der Waals surface area (Å²) in [6, 6.07) is 7.80. The van der Waals surface area contributed by atoms with Crippen molar-refractivity contribution in [2.45, 2.75) is 11.8 Å². The quantitative estimate of drug-likeness (QED) is 0.697. The molecule has 0 unspecified atom stereocenters. The average molecular weight is 306 g/mol. The van der Waals surface area contributed by atoms with Gasteiger partial charge in [0.1, 0.15) is 0 Å². The van der Waals surface area contributed by atoms with Crippen molar-refractivity contribution in [2.24, 2.45) is 0 Å². The maximum absolute atomic E-state index is 12.0. The molecular weight excluding hydrogens is 296 g/mol. The Bertz CT molecular complexity index is 760. The Hall–Kier alpha value is -1.37. The minimum Gasteiger partial charge on any atom is -0.297 e. The zero-order valence-corrected chi connectivity index (χ0v) is 12.5. The maximum atomic E-state index is 12.0. The van der Waals surface area contributed by atoms with Crippen LogP contribution in [0.1, 0.15) is 15.2 Å². The monoisotopic (exact) mass is 306 g/mol.